The number of esters is 1. The molecule has 0 unspecified atom stereocenters. The first-order valence-electron chi connectivity index (χ1n) is 5.23. The van der Waals surface area contributed by atoms with Crippen LogP contribution in [0.5, 0.6) is 5.75 Å². The van der Waals surface area contributed by atoms with Gasteiger partial charge >= 0.3 is 12.2 Å². The first-order valence-corrected chi connectivity index (χ1v) is 5.23. The lowest BCUT2D eigenvalue weighted by Gasteiger charge is -2.04. The minimum absolute atomic E-state index is 0.294. The fraction of sp³-hybridized carbons (Fsp3) is 0.333. The SMILES string of the molecule is COc1cccc(CCCOC(=O)C=[N+]=[N-])c1. The number of benzene rings is 1. The van der Waals surface area contributed by atoms with E-state index in [1.54, 1.807) is 7.11 Å². The Kier molecular flexibility index (Phi) is 5.47. The van der Waals surface area contributed by atoms with E-state index in [-0.39, 0.29) is 0 Å². The summed E-state index contributed by atoms with van der Waals surface area (Å²) in [5.74, 6) is 0.171. The van der Waals surface area contributed by atoms with Gasteiger partial charge in [-0.25, -0.2) is 4.79 Å². The lowest BCUT2D eigenvalue weighted by atomic mass is 10.1. The zero-order valence-corrected chi connectivity index (χ0v) is 9.63. The van der Waals surface area contributed by atoms with Crippen molar-refractivity contribution in [3.8, 4) is 5.75 Å². The van der Waals surface area contributed by atoms with Crippen LogP contribution in [-0.4, -0.2) is 30.7 Å². The van der Waals surface area contributed by atoms with Crippen molar-refractivity contribution in [3.05, 3.63) is 35.4 Å². The van der Waals surface area contributed by atoms with Crippen LogP contribution in [0, 0.1) is 0 Å². The van der Waals surface area contributed by atoms with Crippen LogP contribution in [0.4, 0.5) is 0 Å². The Morgan fingerprint density at radius 3 is 3.06 bits per heavy atom. The summed E-state index contributed by atoms with van der Waals surface area (Å²) in [5, 5.41) is 0. The van der Waals surface area contributed by atoms with E-state index in [1.807, 2.05) is 24.3 Å². The predicted octanol–water partition coefficient (Wildman–Crippen LogP) is 1.47. The number of carbonyl (C=O) groups is 1. The molecule has 0 N–H and O–H groups in total. The van der Waals surface area contributed by atoms with Crippen molar-refractivity contribution in [2.75, 3.05) is 13.7 Å². The van der Waals surface area contributed by atoms with Gasteiger partial charge in [0, 0.05) is 0 Å². The second-order valence-corrected chi connectivity index (χ2v) is 3.37. The molecule has 0 aliphatic heterocycles. The van der Waals surface area contributed by atoms with E-state index in [0.29, 0.717) is 13.0 Å². The fourth-order valence-electron chi connectivity index (χ4n) is 1.36. The maximum Gasteiger partial charge on any atom is 0.413 e. The monoisotopic (exact) mass is 234 g/mol. The molecule has 0 aliphatic rings. The van der Waals surface area contributed by atoms with Crippen LogP contribution in [0.3, 0.4) is 0 Å². The van der Waals surface area contributed by atoms with Gasteiger partial charge in [0.2, 0.25) is 0 Å². The highest BCUT2D eigenvalue weighted by Crippen LogP contribution is 2.13. The number of hydrogen-bond acceptors (Lipinski definition) is 3. The van der Waals surface area contributed by atoms with Gasteiger partial charge in [-0.3, -0.25) is 0 Å². The molecule has 0 bridgehead atoms. The van der Waals surface area contributed by atoms with E-state index in [2.05, 4.69) is 4.79 Å². The number of methoxy groups -OCH3 is 1. The van der Waals surface area contributed by atoms with Gasteiger partial charge in [0.1, 0.15) is 5.75 Å². The molecule has 17 heavy (non-hydrogen) atoms. The Hall–Kier alpha value is -2.13. The average Bonchev–Trinajstić information content (AvgIpc) is 2.35. The number of nitrogens with zero attached hydrogens (tertiary/aromatic N) is 2. The van der Waals surface area contributed by atoms with Crippen LogP contribution < -0.4 is 4.74 Å². The molecule has 0 saturated heterocycles. The van der Waals surface area contributed by atoms with Gasteiger partial charge in [-0.1, -0.05) is 12.1 Å². The predicted molar refractivity (Wildman–Crippen MR) is 62.0 cm³/mol. The number of rotatable bonds is 6. The van der Waals surface area contributed by atoms with E-state index in [0.717, 1.165) is 23.9 Å². The molecule has 5 heteroatoms. The highest BCUT2D eigenvalue weighted by atomic mass is 16.5. The van der Waals surface area contributed by atoms with E-state index in [9.17, 15) is 4.79 Å². The minimum Gasteiger partial charge on any atom is -0.497 e. The summed E-state index contributed by atoms with van der Waals surface area (Å²) in [4.78, 5) is 13.4. The van der Waals surface area contributed by atoms with Gasteiger partial charge < -0.3 is 15.0 Å². The smallest absolute Gasteiger partial charge is 0.413 e. The van der Waals surface area contributed by atoms with Crippen molar-refractivity contribution >= 4 is 12.2 Å². The van der Waals surface area contributed by atoms with Crippen molar-refractivity contribution in [2.45, 2.75) is 12.8 Å². The van der Waals surface area contributed by atoms with E-state index in [4.69, 9.17) is 15.0 Å². The number of hydrogen-bond donors (Lipinski definition) is 0. The third kappa shape index (κ3) is 4.95. The summed E-state index contributed by atoms with van der Waals surface area (Å²) in [5.41, 5.74) is 9.21. The van der Waals surface area contributed by atoms with E-state index < -0.39 is 5.97 Å². The maximum absolute atomic E-state index is 10.8. The van der Waals surface area contributed by atoms with Gasteiger partial charge in [0.05, 0.1) is 13.7 Å². The maximum atomic E-state index is 10.8. The summed E-state index contributed by atoms with van der Waals surface area (Å²) >= 11 is 0. The molecule has 5 nitrogen and oxygen atoms in total. The van der Waals surface area contributed by atoms with Gasteiger partial charge in [0.15, 0.2) is 0 Å². The quantitative estimate of drug-likeness (QED) is 0.246. The Bertz CT molecular complexity index is 426. The summed E-state index contributed by atoms with van der Waals surface area (Å²) in [6, 6.07) is 7.72. The van der Waals surface area contributed by atoms with E-state index >= 15 is 0 Å². The van der Waals surface area contributed by atoms with E-state index in [1.165, 1.54) is 0 Å². The number of ether oxygens (including phenoxy) is 2. The van der Waals surface area contributed by atoms with Crippen LogP contribution in [0.2, 0.25) is 0 Å². The van der Waals surface area contributed by atoms with Gasteiger partial charge in [-0.15, -0.1) is 0 Å². The summed E-state index contributed by atoms with van der Waals surface area (Å²) in [6.07, 6.45) is 2.23. The molecule has 0 spiro atoms. The second kappa shape index (κ2) is 7.19. The number of carbonyl (C=O) groups excluding carboxylic acids is 1. The summed E-state index contributed by atoms with van der Waals surface area (Å²) < 4.78 is 9.88. The third-order valence-corrected chi connectivity index (χ3v) is 2.15. The Labute approximate surface area is 99.6 Å². The molecular formula is C12H14N2O3. The molecular weight excluding hydrogens is 220 g/mol. The lowest BCUT2D eigenvalue weighted by molar-refractivity contribution is -0.139. The summed E-state index contributed by atoms with van der Waals surface area (Å²) in [7, 11) is 1.62. The molecule has 1 rings (SSSR count). The minimum atomic E-state index is -0.641. The first kappa shape index (κ1) is 12.9. The van der Waals surface area contributed by atoms with Crippen LogP contribution in [-0.2, 0) is 16.0 Å². The van der Waals surface area contributed by atoms with Crippen LogP contribution in [0.1, 0.15) is 12.0 Å². The Morgan fingerprint density at radius 2 is 2.35 bits per heavy atom. The standard InChI is InChI=1S/C12H14N2O3/c1-16-11-6-2-4-10(8-11)5-3-7-17-12(15)9-14-13/h2,4,6,8-9H,3,5,7H2,1H3. The van der Waals surface area contributed by atoms with Crippen LogP contribution in [0.25, 0.3) is 5.53 Å². The molecule has 1 aromatic carbocycles. The highest BCUT2D eigenvalue weighted by Gasteiger charge is 2.02. The topological polar surface area (TPSA) is 71.9 Å². The van der Waals surface area contributed by atoms with Crippen LogP contribution >= 0.6 is 0 Å². The van der Waals surface area contributed by atoms with Gasteiger partial charge in [0.25, 0.3) is 0 Å². The molecule has 0 saturated carbocycles. The molecule has 0 aromatic heterocycles. The highest BCUT2D eigenvalue weighted by molar-refractivity contribution is 6.20. The number of aryl methyl sites for hydroxylation is 1. The zero-order chi connectivity index (χ0) is 12.5. The van der Waals surface area contributed by atoms with Crippen molar-refractivity contribution in [2.24, 2.45) is 0 Å². The Morgan fingerprint density at radius 1 is 1.53 bits per heavy atom. The Balaban J connectivity index is 2.30. The molecule has 0 atom stereocenters. The molecule has 0 heterocycles. The normalized spacial score (nSPS) is 9.24. The lowest BCUT2D eigenvalue weighted by Crippen LogP contribution is -2.07. The molecule has 90 valence electrons. The van der Waals surface area contributed by atoms with Crippen molar-refractivity contribution in [1.29, 1.82) is 0 Å². The van der Waals surface area contributed by atoms with Crippen LogP contribution in [0.15, 0.2) is 24.3 Å². The molecule has 0 radical (unpaired) electrons. The average molecular weight is 234 g/mol. The van der Waals surface area contributed by atoms with Gasteiger partial charge in [-0.05, 0) is 30.5 Å². The fourth-order valence-corrected chi connectivity index (χ4v) is 1.36. The van der Waals surface area contributed by atoms with Crippen molar-refractivity contribution < 1.29 is 19.1 Å². The van der Waals surface area contributed by atoms with Crippen molar-refractivity contribution in [3.63, 3.8) is 0 Å². The van der Waals surface area contributed by atoms with Crippen molar-refractivity contribution in [1.82, 2.24) is 0 Å². The van der Waals surface area contributed by atoms with Gasteiger partial charge in [-0.2, -0.15) is 4.79 Å². The molecule has 0 aliphatic carbocycles. The molecule has 0 amide bonds. The molecule has 1 aromatic rings. The summed E-state index contributed by atoms with van der Waals surface area (Å²) in [6.45, 7) is 0.294. The third-order valence-electron chi connectivity index (χ3n) is 2.15. The first-order chi connectivity index (χ1) is 8.26. The second-order valence-electron chi connectivity index (χ2n) is 3.37. The molecule has 0 fully saturated rings. The zero-order valence-electron chi connectivity index (χ0n) is 9.63. The largest absolute Gasteiger partial charge is 0.497 e.